The van der Waals surface area contributed by atoms with Crippen LogP contribution in [0.15, 0.2) is 66.7 Å². The third-order valence-electron chi connectivity index (χ3n) is 6.64. The molecule has 1 amide bonds. The van der Waals surface area contributed by atoms with Crippen LogP contribution in [0.1, 0.15) is 73.1 Å². The van der Waals surface area contributed by atoms with E-state index in [-0.39, 0.29) is 22.5 Å². The minimum atomic E-state index is -0.175. The Morgan fingerprint density at radius 2 is 1.34 bits per heavy atom. The highest BCUT2D eigenvalue weighted by atomic mass is 16.3. The van der Waals surface area contributed by atoms with E-state index in [0.717, 1.165) is 5.56 Å². The second-order valence-electron chi connectivity index (χ2n) is 10.0. The molecule has 1 aliphatic carbocycles. The SMILES string of the molecule is CC1(C)CCC(C)(C)c2cc(C=Cc3ccc(C(=O)Nc4ccc(O)cc4)cc3)ccc21. The largest absolute Gasteiger partial charge is 0.508 e. The summed E-state index contributed by atoms with van der Waals surface area (Å²) in [6, 6.07) is 20.8. The van der Waals surface area contributed by atoms with E-state index in [1.807, 2.05) is 24.3 Å². The molecule has 3 aromatic carbocycles. The number of amides is 1. The standard InChI is InChI=1S/C29H31NO2/c1-28(2)17-18-29(3,4)26-19-21(9-16-25(26)28)6-5-20-7-10-22(11-8-20)27(32)30-23-12-14-24(31)15-13-23/h5-16,19,31H,17-18H2,1-4H3,(H,30,32). The highest BCUT2D eigenvalue weighted by Crippen LogP contribution is 2.46. The summed E-state index contributed by atoms with van der Waals surface area (Å²) in [5.41, 5.74) is 6.83. The molecular weight excluding hydrogens is 394 g/mol. The highest BCUT2D eigenvalue weighted by Gasteiger charge is 2.36. The lowest BCUT2D eigenvalue weighted by Crippen LogP contribution is -2.33. The van der Waals surface area contributed by atoms with Crippen molar-refractivity contribution >= 4 is 23.7 Å². The van der Waals surface area contributed by atoms with Crippen LogP contribution in [0, 0.1) is 0 Å². The zero-order valence-corrected chi connectivity index (χ0v) is 19.3. The number of anilines is 1. The Hall–Kier alpha value is -3.33. The van der Waals surface area contributed by atoms with Gasteiger partial charge in [-0.2, -0.15) is 0 Å². The van der Waals surface area contributed by atoms with Gasteiger partial charge in [-0.3, -0.25) is 4.79 Å². The number of phenols is 1. The van der Waals surface area contributed by atoms with Gasteiger partial charge >= 0.3 is 0 Å². The first-order chi connectivity index (χ1) is 15.1. The Kier molecular flexibility index (Phi) is 5.68. The number of carbonyl (C=O) groups excluding carboxylic acids is 1. The van der Waals surface area contributed by atoms with Crippen LogP contribution in [0.2, 0.25) is 0 Å². The molecule has 0 aliphatic heterocycles. The summed E-state index contributed by atoms with van der Waals surface area (Å²) < 4.78 is 0. The minimum Gasteiger partial charge on any atom is -0.508 e. The quantitative estimate of drug-likeness (QED) is 0.344. The molecule has 0 atom stereocenters. The van der Waals surface area contributed by atoms with Crippen molar-refractivity contribution in [2.24, 2.45) is 0 Å². The fourth-order valence-corrected chi connectivity index (χ4v) is 4.40. The molecule has 0 saturated carbocycles. The minimum absolute atomic E-state index is 0.172. The highest BCUT2D eigenvalue weighted by molar-refractivity contribution is 6.04. The summed E-state index contributed by atoms with van der Waals surface area (Å²) in [6.45, 7) is 9.37. The molecule has 0 radical (unpaired) electrons. The summed E-state index contributed by atoms with van der Waals surface area (Å²) in [5.74, 6) is -0.00362. The van der Waals surface area contributed by atoms with Crippen LogP contribution >= 0.6 is 0 Å². The molecule has 4 rings (SSSR count). The van der Waals surface area contributed by atoms with E-state index >= 15 is 0 Å². The van der Waals surface area contributed by atoms with Crippen molar-refractivity contribution in [1.82, 2.24) is 0 Å². The van der Waals surface area contributed by atoms with Gasteiger partial charge in [-0.05, 0) is 82.3 Å². The van der Waals surface area contributed by atoms with E-state index in [1.165, 1.54) is 29.5 Å². The van der Waals surface area contributed by atoms with E-state index in [1.54, 1.807) is 24.3 Å². The van der Waals surface area contributed by atoms with Crippen molar-refractivity contribution in [1.29, 1.82) is 0 Å². The summed E-state index contributed by atoms with van der Waals surface area (Å²) in [4.78, 5) is 12.4. The first-order valence-corrected chi connectivity index (χ1v) is 11.2. The molecule has 0 bridgehead atoms. The number of rotatable bonds is 4. The van der Waals surface area contributed by atoms with Gasteiger partial charge in [0.1, 0.15) is 5.75 Å². The van der Waals surface area contributed by atoms with Crippen LogP contribution < -0.4 is 5.32 Å². The fourth-order valence-electron chi connectivity index (χ4n) is 4.40. The zero-order valence-electron chi connectivity index (χ0n) is 19.3. The average Bonchev–Trinajstić information content (AvgIpc) is 2.77. The van der Waals surface area contributed by atoms with Crippen LogP contribution in [0.25, 0.3) is 12.2 Å². The maximum Gasteiger partial charge on any atom is 0.255 e. The van der Waals surface area contributed by atoms with E-state index in [2.05, 4.69) is 63.4 Å². The van der Waals surface area contributed by atoms with Crippen LogP contribution in [-0.2, 0) is 10.8 Å². The third-order valence-corrected chi connectivity index (χ3v) is 6.64. The molecular formula is C29H31NO2. The molecule has 0 saturated heterocycles. The molecule has 32 heavy (non-hydrogen) atoms. The number of benzene rings is 3. The number of aromatic hydroxyl groups is 1. The van der Waals surface area contributed by atoms with Gasteiger partial charge in [-0.25, -0.2) is 0 Å². The van der Waals surface area contributed by atoms with Gasteiger partial charge in [-0.1, -0.05) is 70.2 Å². The second kappa shape index (κ2) is 8.31. The molecule has 3 heteroatoms. The molecule has 164 valence electrons. The Bertz CT molecular complexity index is 1150. The predicted molar refractivity (Wildman–Crippen MR) is 133 cm³/mol. The van der Waals surface area contributed by atoms with E-state index in [4.69, 9.17) is 0 Å². The summed E-state index contributed by atoms with van der Waals surface area (Å²) in [6.07, 6.45) is 6.65. The van der Waals surface area contributed by atoms with Crippen molar-refractivity contribution in [2.45, 2.75) is 51.4 Å². The summed E-state index contributed by atoms with van der Waals surface area (Å²) >= 11 is 0. The lowest BCUT2D eigenvalue weighted by molar-refractivity contribution is 0.102. The van der Waals surface area contributed by atoms with E-state index < -0.39 is 0 Å². The lowest BCUT2D eigenvalue weighted by Gasteiger charge is -2.42. The monoisotopic (exact) mass is 425 g/mol. The summed E-state index contributed by atoms with van der Waals surface area (Å²) in [7, 11) is 0. The number of fused-ring (bicyclic) bond motifs is 1. The molecule has 0 aromatic heterocycles. The zero-order chi connectivity index (χ0) is 22.9. The second-order valence-corrected chi connectivity index (χ2v) is 10.0. The van der Waals surface area contributed by atoms with Gasteiger partial charge in [0.15, 0.2) is 0 Å². The van der Waals surface area contributed by atoms with Crippen LogP contribution in [0.4, 0.5) is 5.69 Å². The molecule has 0 unspecified atom stereocenters. The number of phenolic OH excluding ortho intramolecular Hbond substituents is 1. The Morgan fingerprint density at radius 3 is 2.00 bits per heavy atom. The first kappa shape index (κ1) is 21.9. The van der Waals surface area contributed by atoms with Crippen LogP contribution in [-0.4, -0.2) is 11.0 Å². The van der Waals surface area contributed by atoms with Crippen molar-refractivity contribution < 1.29 is 9.90 Å². The Labute approximate surface area is 190 Å². The van der Waals surface area contributed by atoms with Crippen molar-refractivity contribution in [3.05, 3.63) is 94.5 Å². The molecule has 0 fully saturated rings. The van der Waals surface area contributed by atoms with Crippen molar-refractivity contribution in [3.63, 3.8) is 0 Å². The van der Waals surface area contributed by atoms with Crippen LogP contribution in [0.3, 0.4) is 0 Å². The molecule has 3 aromatic rings. The maximum atomic E-state index is 12.4. The van der Waals surface area contributed by atoms with Gasteiger partial charge in [0.25, 0.3) is 5.91 Å². The number of carbonyl (C=O) groups is 1. The van der Waals surface area contributed by atoms with Gasteiger partial charge < -0.3 is 10.4 Å². The fraction of sp³-hybridized carbons (Fsp3) is 0.276. The van der Waals surface area contributed by atoms with Crippen molar-refractivity contribution in [2.75, 3.05) is 5.32 Å². The summed E-state index contributed by atoms with van der Waals surface area (Å²) in [5, 5.41) is 12.2. The van der Waals surface area contributed by atoms with E-state index in [0.29, 0.717) is 11.3 Å². The Morgan fingerprint density at radius 1 is 0.781 bits per heavy atom. The lowest BCUT2D eigenvalue weighted by atomic mass is 9.63. The number of hydrogen-bond acceptors (Lipinski definition) is 2. The van der Waals surface area contributed by atoms with Crippen LogP contribution in [0.5, 0.6) is 5.75 Å². The molecule has 0 heterocycles. The molecule has 1 aliphatic rings. The maximum absolute atomic E-state index is 12.4. The smallest absolute Gasteiger partial charge is 0.255 e. The average molecular weight is 426 g/mol. The van der Waals surface area contributed by atoms with Gasteiger partial charge in [0.2, 0.25) is 0 Å². The normalized spacial score (nSPS) is 16.5. The Balaban J connectivity index is 1.48. The van der Waals surface area contributed by atoms with Gasteiger partial charge in [0, 0.05) is 11.3 Å². The van der Waals surface area contributed by atoms with Gasteiger partial charge in [0.05, 0.1) is 0 Å². The predicted octanol–water partition coefficient (Wildman–Crippen LogP) is 7.16. The third kappa shape index (κ3) is 4.62. The number of hydrogen-bond donors (Lipinski definition) is 2. The molecule has 0 spiro atoms. The molecule has 2 N–H and O–H groups in total. The topological polar surface area (TPSA) is 49.3 Å². The number of nitrogens with one attached hydrogen (secondary N) is 1. The van der Waals surface area contributed by atoms with Crippen molar-refractivity contribution in [3.8, 4) is 5.75 Å². The molecule has 3 nitrogen and oxygen atoms in total. The van der Waals surface area contributed by atoms with Gasteiger partial charge in [-0.15, -0.1) is 0 Å². The van der Waals surface area contributed by atoms with E-state index in [9.17, 15) is 9.90 Å². The first-order valence-electron chi connectivity index (χ1n) is 11.2.